The molecule has 0 saturated carbocycles. The quantitative estimate of drug-likeness (QED) is 0.466. The zero-order valence-corrected chi connectivity index (χ0v) is 10.1. The molecule has 1 rings (SSSR count). The molecule has 0 aromatic heterocycles. The van der Waals surface area contributed by atoms with E-state index in [2.05, 4.69) is 35.6 Å². The number of nitrogens with zero attached hydrogens (tertiary/aromatic N) is 1. The van der Waals surface area contributed by atoms with Crippen molar-refractivity contribution in [2.75, 3.05) is 0 Å². The van der Waals surface area contributed by atoms with Crippen molar-refractivity contribution in [3.63, 3.8) is 0 Å². The van der Waals surface area contributed by atoms with Gasteiger partial charge in [-0.2, -0.15) is 0 Å². The molecule has 3 heteroatoms. The van der Waals surface area contributed by atoms with E-state index >= 15 is 0 Å². The SMILES string of the molecule is CCC1CC(C)N1[I-]I. The van der Waals surface area contributed by atoms with Crippen LogP contribution >= 0.6 is 18.6 Å². The molecule has 0 spiro atoms. The van der Waals surface area contributed by atoms with E-state index in [9.17, 15) is 0 Å². The normalized spacial score (nSPS) is 36.8. The number of rotatable bonds is 2. The van der Waals surface area contributed by atoms with Gasteiger partial charge < -0.3 is 0 Å². The molecule has 2 atom stereocenters. The van der Waals surface area contributed by atoms with E-state index in [0.717, 1.165) is 12.1 Å². The Morgan fingerprint density at radius 3 is 2.67 bits per heavy atom. The van der Waals surface area contributed by atoms with Crippen LogP contribution in [0.2, 0.25) is 0 Å². The summed E-state index contributed by atoms with van der Waals surface area (Å²) >= 11 is 2.90. The average Bonchev–Trinajstić information content (AvgIpc) is 1.83. The molecule has 56 valence electrons. The fourth-order valence-electron chi connectivity index (χ4n) is 1.27. The van der Waals surface area contributed by atoms with Crippen molar-refractivity contribution in [1.82, 2.24) is 3.11 Å². The van der Waals surface area contributed by atoms with Gasteiger partial charge in [0.15, 0.2) is 0 Å². The van der Waals surface area contributed by atoms with Crippen LogP contribution in [0.15, 0.2) is 0 Å². The third-order valence-electron chi connectivity index (χ3n) is 1.93. The van der Waals surface area contributed by atoms with Gasteiger partial charge in [-0.3, -0.25) is 0 Å². The van der Waals surface area contributed by atoms with Gasteiger partial charge in [-0.25, -0.2) is 0 Å². The van der Waals surface area contributed by atoms with Gasteiger partial charge in [0.1, 0.15) is 0 Å². The molecular formula is C6H12I2N-. The van der Waals surface area contributed by atoms with E-state index in [1.807, 2.05) is 0 Å². The van der Waals surface area contributed by atoms with E-state index < -0.39 is 0 Å². The summed E-state index contributed by atoms with van der Waals surface area (Å²) in [5, 5.41) is 0. The Morgan fingerprint density at radius 2 is 2.44 bits per heavy atom. The molecule has 0 bridgehead atoms. The first kappa shape index (κ1) is 8.52. The van der Waals surface area contributed by atoms with E-state index in [1.165, 1.54) is 12.8 Å². The van der Waals surface area contributed by atoms with E-state index in [-0.39, 0.29) is 0 Å². The van der Waals surface area contributed by atoms with Crippen LogP contribution in [0.1, 0.15) is 26.7 Å². The first-order chi connectivity index (χ1) is 4.29. The van der Waals surface area contributed by atoms with Gasteiger partial charge in [0.05, 0.1) is 0 Å². The molecule has 1 heterocycles. The molecule has 0 aromatic carbocycles. The summed E-state index contributed by atoms with van der Waals surface area (Å²) in [5.74, 6) is 0. The third-order valence-corrected chi connectivity index (χ3v) is 6.91. The topological polar surface area (TPSA) is 3.24 Å². The average molecular weight is 352 g/mol. The maximum absolute atomic E-state index is 2.67. The second-order valence-electron chi connectivity index (χ2n) is 2.55. The second kappa shape index (κ2) is 3.71. The van der Waals surface area contributed by atoms with E-state index in [1.54, 1.807) is 0 Å². The van der Waals surface area contributed by atoms with Crippen LogP contribution in [-0.4, -0.2) is 15.2 Å². The summed E-state index contributed by atoms with van der Waals surface area (Å²) < 4.78 is 2.67. The van der Waals surface area contributed by atoms with Gasteiger partial charge in [0, 0.05) is 0 Å². The van der Waals surface area contributed by atoms with Crippen LogP contribution in [0.3, 0.4) is 0 Å². The van der Waals surface area contributed by atoms with Crippen LogP contribution < -0.4 is 17.5 Å². The summed E-state index contributed by atoms with van der Waals surface area (Å²) in [6, 6.07) is 1.85. The van der Waals surface area contributed by atoms with Crippen LogP contribution in [0.4, 0.5) is 0 Å². The Kier molecular flexibility index (Phi) is 3.51. The molecule has 2 unspecified atom stereocenters. The predicted octanol–water partition coefficient (Wildman–Crippen LogP) is -0.787. The monoisotopic (exact) mass is 352 g/mol. The molecule has 9 heavy (non-hydrogen) atoms. The van der Waals surface area contributed by atoms with Crippen molar-refractivity contribution < 1.29 is 17.5 Å². The number of halogens is 2. The van der Waals surface area contributed by atoms with E-state index in [0.29, 0.717) is 17.5 Å². The fraction of sp³-hybridized carbons (Fsp3) is 1.00. The van der Waals surface area contributed by atoms with Gasteiger partial charge in [-0.15, -0.1) is 0 Å². The fourth-order valence-corrected chi connectivity index (χ4v) is 7.19. The Morgan fingerprint density at radius 1 is 1.78 bits per heavy atom. The van der Waals surface area contributed by atoms with Gasteiger partial charge in [0.2, 0.25) is 0 Å². The summed E-state index contributed by atoms with van der Waals surface area (Å²) in [5.41, 5.74) is 0. The minimum atomic E-state index is 0.348. The molecule has 1 nitrogen and oxygen atoms in total. The predicted molar refractivity (Wildman–Crippen MR) is 44.0 cm³/mol. The minimum absolute atomic E-state index is 0.348. The Hall–Kier alpha value is 1.42. The molecule has 1 saturated heterocycles. The van der Waals surface area contributed by atoms with Crippen LogP contribution in [0.5, 0.6) is 0 Å². The molecule has 1 aliphatic rings. The molecule has 0 aromatic rings. The van der Waals surface area contributed by atoms with Crippen molar-refractivity contribution in [1.29, 1.82) is 0 Å². The van der Waals surface area contributed by atoms with E-state index in [4.69, 9.17) is 0 Å². The first-order valence-electron chi connectivity index (χ1n) is 3.34. The van der Waals surface area contributed by atoms with Gasteiger partial charge >= 0.3 is 78.0 Å². The second-order valence-corrected chi connectivity index (χ2v) is 6.48. The van der Waals surface area contributed by atoms with Gasteiger partial charge in [-0.05, 0) is 0 Å². The van der Waals surface area contributed by atoms with Crippen molar-refractivity contribution >= 4 is 18.6 Å². The first-order valence-corrected chi connectivity index (χ1v) is 10.6. The van der Waals surface area contributed by atoms with Crippen molar-refractivity contribution in [3.05, 3.63) is 0 Å². The summed E-state index contributed by atoms with van der Waals surface area (Å²) in [4.78, 5) is 0. The van der Waals surface area contributed by atoms with Crippen molar-refractivity contribution in [3.8, 4) is 0 Å². The third kappa shape index (κ3) is 1.71. The Labute approximate surface area is 77.4 Å². The zero-order chi connectivity index (χ0) is 6.85. The molecular weight excluding hydrogens is 340 g/mol. The number of hydrogen-bond acceptors (Lipinski definition) is 1. The molecule has 1 fully saturated rings. The standard InChI is InChI=1S/C6H12I2N/c1-3-6-4-5(2)9(6)8-7/h5-6H,3-4H2,1-2H3/q-1. The summed E-state index contributed by atoms with van der Waals surface area (Å²) in [6.07, 6.45) is 2.80. The van der Waals surface area contributed by atoms with Crippen LogP contribution in [0.25, 0.3) is 0 Å². The van der Waals surface area contributed by atoms with Crippen LogP contribution in [-0.2, 0) is 0 Å². The summed E-state index contributed by atoms with van der Waals surface area (Å²) in [7, 11) is 0. The molecule has 0 radical (unpaired) electrons. The Balaban J connectivity index is 2.29. The molecule has 1 aliphatic heterocycles. The van der Waals surface area contributed by atoms with Gasteiger partial charge in [-0.1, -0.05) is 0 Å². The molecule has 0 N–H and O–H groups in total. The summed E-state index contributed by atoms with van der Waals surface area (Å²) in [6.45, 7) is 4.63. The number of hydrogen-bond donors (Lipinski definition) is 0. The Bertz CT molecular complexity index is 97.1. The molecule has 0 amide bonds. The maximum atomic E-state index is 2.67. The van der Waals surface area contributed by atoms with Crippen LogP contribution in [0, 0.1) is 0 Å². The van der Waals surface area contributed by atoms with Crippen molar-refractivity contribution in [2.24, 2.45) is 0 Å². The van der Waals surface area contributed by atoms with Gasteiger partial charge in [0.25, 0.3) is 0 Å². The van der Waals surface area contributed by atoms with Crippen molar-refractivity contribution in [2.45, 2.75) is 38.8 Å². The zero-order valence-electron chi connectivity index (χ0n) is 5.77. The molecule has 0 aliphatic carbocycles.